The van der Waals surface area contributed by atoms with Crippen LogP contribution in [0.15, 0.2) is 36.7 Å². The van der Waals surface area contributed by atoms with Crippen LogP contribution >= 0.6 is 0 Å². The Morgan fingerprint density at radius 2 is 1.20 bits per heavy atom. The molecule has 2 amide bonds. The van der Waals surface area contributed by atoms with E-state index >= 15 is 0 Å². The Labute approximate surface area is 116 Å². The van der Waals surface area contributed by atoms with Crippen LogP contribution in [0.2, 0.25) is 0 Å². The molecule has 0 atom stereocenters. The summed E-state index contributed by atoms with van der Waals surface area (Å²) in [7, 11) is 3.13. The Bertz CT molecular complexity index is 563. The number of amides is 2. The molecule has 2 aromatic heterocycles. The number of rotatable bonds is 3. The zero-order chi connectivity index (χ0) is 14.5. The summed E-state index contributed by atoms with van der Waals surface area (Å²) in [6, 6.07) is 6.78. The van der Waals surface area contributed by atoms with Crippen molar-refractivity contribution in [2.75, 3.05) is 14.1 Å². The van der Waals surface area contributed by atoms with Gasteiger partial charge in [0.25, 0.3) is 11.8 Å². The molecule has 2 heterocycles. The maximum Gasteiger partial charge on any atom is 0.252 e. The van der Waals surface area contributed by atoms with Gasteiger partial charge in [-0.1, -0.05) is 0 Å². The van der Waals surface area contributed by atoms with Crippen molar-refractivity contribution in [3.05, 3.63) is 47.8 Å². The maximum atomic E-state index is 11.4. The molecular weight excluding hydrogens is 256 g/mol. The van der Waals surface area contributed by atoms with E-state index in [0.29, 0.717) is 22.5 Å². The first-order chi connectivity index (χ1) is 9.65. The summed E-state index contributed by atoms with van der Waals surface area (Å²) in [5.41, 5.74) is 2.25. The molecule has 0 aliphatic heterocycles. The Morgan fingerprint density at radius 3 is 1.45 bits per heavy atom. The summed E-state index contributed by atoms with van der Waals surface area (Å²) in [5.74, 6) is -0.376. The first-order valence-corrected chi connectivity index (χ1v) is 6.02. The Kier molecular flexibility index (Phi) is 4.05. The molecule has 6 nitrogen and oxygen atoms in total. The van der Waals surface area contributed by atoms with Gasteiger partial charge in [0.2, 0.25) is 0 Å². The fraction of sp³-hybridized carbons (Fsp3) is 0.143. The second kappa shape index (κ2) is 5.92. The predicted octanol–water partition coefficient (Wildman–Crippen LogP) is 0.863. The van der Waals surface area contributed by atoms with Crippen molar-refractivity contribution in [1.29, 1.82) is 0 Å². The summed E-state index contributed by atoms with van der Waals surface area (Å²) < 4.78 is 0. The van der Waals surface area contributed by atoms with Crippen LogP contribution < -0.4 is 10.6 Å². The van der Waals surface area contributed by atoms with Gasteiger partial charge in [0.15, 0.2) is 0 Å². The minimum absolute atomic E-state index is 0.188. The number of hydrogen-bond acceptors (Lipinski definition) is 4. The number of aromatic nitrogens is 2. The lowest BCUT2D eigenvalue weighted by Gasteiger charge is -2.03. The van der Waals surface area contributed by atoms with Gasteiger partial charge in [-0.05, 0) is 24.3 Å². The molecule has 6 heteroatoms. The predicted molar refractivity (Wildman–Crippen MR) is 74.2 cm³/mol. The molecule has 20 heavy (non-hydrogen) atoms. The topological polar surface area (TPSA) is 84.0 Å². The molecule has 0 radical (unpaired) electrons. The van der Waals surface area contributed by atoms with E-state index in [1.54, 1.807) is 38.4 Å². The van der Waals surface area contributed by atoms with Gasteiger partial charge < -0.3 is 10.6 Å². The molecule has 102 valence electrons. The van der Waals surface area contributed by atoms with E-state index in [4.69, 9.17) is 0 Å². The number of carbonyl (C=O) groups excluding carboxylic acids is 2. The van der Waals surface area contributed by atoms with Crippen molar-refractivity contribution in [3.63, 3.8) is 0 Å². The lowest BCUT2D eigenvalue weighted by molar-refractivity contribution is 0.0954. The third-order valence-electron chi connectivity index (χ3n) is 2.77. The van der Waals surface area contributed by atoms with Crippen LogP contribution in [-0.2, 0) is 0 Å². The van der Waals surface area contributed by atoms with Crippen LogP contribution in [0.4, 0.5) is 0 Å². The van der Waals surface area contributed by atoms with Gasteiger partial charge in [-0.15, -0.1) is 0 Å². The van der Waals surface area contributed by atoms with Crippen LogP contribution in [0.5, 0.6) is 0 Å². The summed E-state index contributed by atoms with van der Waals surface area (Å²) in [4.78, 5) is 31.2. The van der Waals surface area contributed by atoms with Crippen LogP contribution in [-0.4, -0.2) is 35.9 Å². The summed E-state index contributed by atoms with van der Waals surface area (Å²) in [5, 5.41) is 5.06. The van der Waals surface area contributed by atoms with Gasteiger partial charge in [-0.3, -0.25) is 19.6 Å². The van der Waals surface area contributed by atoms with Gasteiger partial charge in [-0.2, -0.15) is 0 Å². The van der Waals surface area contributed by atoms with Crippen LogP contribution in [0.3, 0.4) is 0 Å². The number of nitrogens with zero attached hydrogens (tertiary/aromatic N) is 2. The second-order valence-electron chi connectivity index (χ2n) is 4.02. The first kappa shape index (κ1) is 13.7. The third kappa shape index (κ3) is 2.80. The normalized spacial score (nSPS) is 9.90. The lowest BCUT2D eigenvalue weighted by atomic mass is 10.2. The summed E-state index contributed by atoms with van der Waals surface area (Å²) >= 11 is 0. The van der Waals surface area contributed by atoms with Gasteiger partial charge in [0.05, 0.1) is 22.5 Å². The monoisotopic (exact) mass is 270 g/mol. The van der Waals surface area contributed by atoms with Crippen molar-refractivity contribution < 1.29 is 9.59 Å². The Morgan fingerprint density at radius 1 is 0.800 bits per heavy atom. The average Bonchev–Trinajstić information content (AvgIpc) is 2.53. The van der Waals surface area contributed by atoms with E-state index in [1.807, 2.05) is 0 Å². The standard InChI is InChI=1S/C14H14N4O2/c1-15-13(19)9-3-5-11(17-7-9)12-6-4-10(8-18-12)14(20)16-2/h3-8H,1-2H3,(H,15,19)(H,16,20). The highest BCUT2D eigenvalue weighted by Crippen LogP contribution is 2.14. The van der Waals surface area contributed by atoms with Crippen LogP contribution in [0.25, 0.3) is 11.4 Å². The summed E-state index contributed by atoms with van der Waals surface area (Å²) in [6.07, 6.45) is 2.98. The number of pyridine rings is 2. The highest BCUT2D eigenvalue weighted by atomic mass is 16.2. The van der Waals surface area contributed by atoms with Crippen molar-refractivity contribution >= 4 is 11.8 Å². The quantitative estimate of drug-likeness (QED) is 0.866. The molecule has 0 saturated heterocycles. The number of carbonyl (C=O) groups is 2. The highest BCUT2D eigenvalue weighted by Gasteiger charge is 2.07. The van der Waals surface area contributed by atoms with E-state index in [9.17, 15) is 9.59 Å². The number of nitrogens with one attached hydrogen (secondary N) is 2. The third-order valence-corrected chi connectivity index (χ3v) is 2.77. The summed E-state index contributed by atoms with van der Waals surface area (Å²) in [6.45, 7) is 0. The van der Waals surface area contributed by atoms with Gasteiger partial charge in [0, 0.05) is 26.5 Å². The van der Waals surface area contributed by atoms with Gasteiger partial charge in [0.1, 0.15) is 0 Å². The number of hydrogen-bond donors (Lipinski definition) is 2. The zero-order valence-electron chi connectivity index (χ0n) is 11.2. The van der Waals surface area contributed by atoms with Crippen LogP contribution in [0, 0.1) is 0 Å². The smallest absolute Gasteiger partial charge is 0.252 e. The van der Waals surface area contributed by atoms with Crippen molar-refractivity contribution in [3.8, 4) is 11.4 Å². The zero-order valence-corrected chi connectivity index (χ0v) is 11.2. The molecule has 0 bridgehead atoms. The molecule has 0 aromatic carbocycles. The first-order valence-electron chi connectivity index (χ1n) is 6.02. The second-order valence-corrected chi connectivity index (χ2v) is 4.02. The van der Waals surface area contributed by atoms with E-state index < -0.39 is 0 Å². The molecular formula is C14H14N4O2. The molecule has 0 aliphatic rings. The van der Waals surface area contributed by atoms with E-state index in [-0.39, 0.29) is 11.8 Å². The van der Waals surface area contributed by atoms with Crippen molar-refractivity contribution in [1.82, 2.24) is 20.6 Å². The van der Waals surface area contributed by atoms with Crippen LogP contribution in [0.1, 0.15) is 20.7 Å². The maximum absolute atomic E-state index is 11.4. The Balaban J connectivity index is 2.23. The molecule has 0 spiro atoms. The largest absolute Gasteiger partial charge is 0.355 e. The minimum Gasteiger partial charge on any atom is -0.355 e. The van der Waals surface area contributed by atoms with Crippen molar-refractivity contribution in [2.24, 2.45) is 0 Å². The molecule has 2 aromatic rings. The molecule has 0 saturated carbocycles. The average molecular weight is 270 g/mol. The lowest BCUT2D eigenvalue weighted by Crippen LogP contribution is -2.18. The fourth-order valence-electron chi connectivity index (χ4n) is 1.65. The molecule has 0 fully saturated rings. The SMILES string of the molecule is CNC(=O)c1ccc(-c2ccc(C(=O)NC)cn2)nc1. The van der Waals surface area contributed by atoms with Gasteiger partial charge >= 0.3 is 0 Å². The van der Waals surface area contributed by atoms with Gasteiger partial charge in [-0.25, -0.2) is 0 Å². The van der Waals surface area contributed by atoms with E-state index in [2.05, 4.69) is 20.6 Å². The molecule has 0 aliphatic carbocycles. The van der Waals surface area contributed by atoms with Crippen molar-refractivity contribution in [2.45, 2.75) is 0 Å². The highest BCUT2D eigenvalue weighted by molar-refractivity contribution is 5.94. The fourth-order valence-corrected chi connectivity index (χ4v) is 1.65. The molecule has 2 N–H and O–H groups in total. The molecule has 0 unspecified atom stereocenters. The molecule has 2 rings (SSSR count). The minimum atomic E-state index is -0.188. The van der Waals surface area contributed by atoms with E-state index in [0.717, 1.165) is 0 Å². The Hall–Kier alpha value is -2.76. The van der Waals surface area contributed by atoms with E-state index in [1.165, 1.54) is 12.4 Å².